The molecule has 0 amide bonds. The second kappa shape index (κ2) is 5.48. The summed E-state index contributed by atoms with van der Waals surface area (Å²) in [6.07, 6.45) is 3.52. The number of rotatable bonds is 3. The molecule has 1 aromatic heterocycles. The smallest absolute Gasteiger partial charge is 0.146 e. The predicted molar refractivity (Wildman–Crippen MR) is 80.2 cm³/mol. The highest BCUT2D eigenvalue weighted by molar-refractivity contribution is 5.84. The van der Waals surface area contributed by atoms with Crippen molar-refractivity contribution in [1.82, 2.24) is 4.98 Å². The fourth-order valence-corrected chi connectivity index (χ4v) is 2.29. The Morgan fingerprint density at radius 2 is 1.86 bits per heavy atom. The molecule has 0 saturated heterocycles. The van der Waals surface area contributed by atoms with Gasteiger partial charge in [0.25, 0.3) is 0 Å². The van der Waals surface area contributed by atoms with E-state index in [4.69, 9.17) is 0 Å². The van der Waals surface area contributed by atoms with Gasteiger partial charge < -0.3 is 5.32 Å². The van der Waals surface area contributed by atoms with Gasteiger partial charge in [0.2, 0.25) is 0 Å². The van der Waals surface area contributed by atoms with Crippen molar-refractivity contribution in [2.75, 3.05) is 5.32 Å². The van der Waals surface area contributed by atoms with Crippen LogP contribution in [0.25, 0.3) is 10.8 Å². The van der Waals surface area contributed by atoms with Crippen LogP contribution in [0.3, 0.4) is 0 Å². The van der Waals surface area contributed by atoms with Crippen molar-refractivity contribution in [3.05, 3.63) is 71.6 Å². The van der Waals surface area contributed by atoms with Gasteiger partial charge in [0.1, 0.15) is 11.6 Å². The van der Waals surface area contributed by atoms with Crippen molar-refractivity contribution in [3.8, 4) is 0 Å². The number of fused-ring (bicyclic) bond motifs is 1. The molecule has 21 heavy (non-hydrogen) atoms. The highest BCUT2D eigenvalue weighted by atomic mass is 19.1. The summed E-state index contributed by atoms with van der Waals surface area (Å²) in [7, 11) is 0. The largest absolute Gasteiger partial charge is 0.378 e. The maximum atomic E-state index is 13.8. The molecule has 106 valence electrons. The van der Waals surface area contributed by atoms with Gasteiger partial charge in [-0.2, -0.15) is 0 Å². The summed E-state index contributed by atoms with van der Waals surface area (Å²) < 4.78 is 27.3. The fourth-order valence-electron chi connectivity index (χ4n) is 2.29. The van der Waals surface area contributed by atoms with E-state index in [0.717, 1.165) is 16.3 Å². The van der Waals surface area contributed by atoms with Crippen molar-refractivity contribution >= 4 is 16.5 Å². The normalized spacial score (nSPS) is 10.8. The summed E-state index contributed by atoms with van der Waals surface area (Å²) in [5.41, 5.74) is 1.39. The molecule has 2 aromatic carbocycles. The van der Waals surface area contributed by atoms with Crippen molar-refractivity contribution in [1.29, 1.82) is 0 Å². The number of anilines is 1. The molecule has 0 fully saturated rings. The van der Waals surface area contributed by atoms with Gasteiger partial charge in [0.15, 0.2) is 0 Å². The molecule has 2 nitrogen and oxygen atoms in total. The van der Waals surface area contributed by atoms with E-state index in [1.54, 1.807) is 12.4 Å². The molecule has 0 unspecified atom stereocenters. The van der Waals surface area contributed by atoms with Gasteiger partial charge >= 0.3 is 0 Å². The van der Waals surface area contributed by atoms with E-state index in [-0.39, 0.29) is 5.69 Å². The standard InChI is InChI=1S/C17H14F2N2/c1-11-6-16(19)17(7-15(11)18)21-10-13-9-20-8-12-4-2-3-5-14(12)13/h2-9,21H,10H2,1H3. The van der Waals surface area contributed by atoms with E-state index in [1.807, 2.05) is 24.3 Å². The minimum absolute atomic E-state index is 0.158. The molecule has 0 aliphatic rings. The van der Waals surface area contributed by atoms with Crippen LogP contribution in [0.15, 0.2) is 48.8 Å². The number of nitrogens with one attached hydrogen (secondary N) is 1. The lowest BCUT2D eigenvalue weighted by Crippen LogP contribution is -2.03. The molecule has 0 bridgehead atoms. The van der Waals surface area contributed by atoms with Crippen LogP contribution in [-0.4, -0.2) is 4.98 Å². The van der Waals surface area contributed by atoms with Crippen molar-refractivity contribution in [2.24, 2.45) is 0 Å². The first kappa shape index (κ1) is 13.5. The Kier molecular flexibility index (Phi) is 3.52. The van der Waals surface area contributed by atoms with Crippen molar-refractivity contribution in [3.63, 3.8) is 0 Å². The fraction of sp³-hybridized carbons (Fsp3) is 0.118. The first-order chi connectivity index (χ1) is 10.1. The lowest BCUT2D eigenvalue weighted by atomic mass is 10.1. The van der Waals surface area contributed by atoms with Gasteiger partial charge in [-0.05, 0) is 29.5 Å². The molecule has 0 saturated carbocycles. The van der Waals surface area contributed by atoms with E-state index in [9.17, 15) is 8.78 Å². The molecule has 3 rings (SSSR count). The zero-order valence-electron chi connectivity index (χ0n) is 11.5. The summed E-state index contributed by atoms with van der Waals surface area (Å²) in [5, 5.41) is 5.00. The van der Waals surface area contributed by atoms with Crippen LogP contribution in [0.5, 0.6) is 0 Å². The van der Waals surface area contributed by atoms with Crippen LogP contribution < -0.4 is 5.32 Å². The molecular formula is C17H14F2N2. The molecule has 0 spiro atoms. The molecule has 0 radical (unpaired) electrons. The number of halogens is 2. The highest BCUT2D eigenvalue weighted by Crippen LogP contribution is 2.22. The molecule has 0 aliphatic carbocycles. The number of pyridine rings is 1. The van der Waals surface area contributed by atoms with Gasteiger partial charge in [0, 0.05) is 30.4 Å². The Balaban J connectivity index is 1.89. The minimum Gasteiger partial charge on any atom is -0.378 e. The average molecular weight is 284 g/mol. The number of nitrogens with zero attached hydrogens (tertiary/aromatic N) is 1. The van der Waals surface area contributed by atoms with E-state index in [2.05, 4.69) is 10.3 Å². The average Bonchev–Trinajstić information content (AvgIpc) is 2.49. The number of aromatic nitrogens is 1. The van der Waals surface area contributed by atoms with Crippen LogP contribution in [0.4, 0.5) is 14.5 Å². The van der Waals surface area contributed by atoms with Crippen molar-refractivity contribution in [2.45, 2.75) is 13.5 Å². The first-order valence-electron chi connectivity index (χ1n) is 6.66. The summed E-state index contributed by atoms with van der Waals surface area (Å²) >= 11 is 0. The molecule has 4 heteroatoms. The monoisotopic (exact) mass is 284 g/mol. The molecule has 0 atom stereocenters. The van der Waals surface area contributed by atoms with Gasteiger partial charge in [-0.3, -0.25) is 4.98 Å². The third-order valence-electron chi connectivity index (χ3n) is 3.47. The summed E-state index contributed by atoms with van der Waals surface area (Å²) in [6, 6.07) is 10.2. The zero-order valence-corrected chi connectivity index (χ0v) is 11.5. The van der Waals surface area contributed by atoms with Crippen molar-refractivity contribution < 1.29 is 8.78 Å². The van der Waals surface area contributed by atoms with Crippen LogP contribution >= 0.6 is 0 Å². The lowest BCUT2D eigenvalue weighted by molar-refractivity contribution is 0.594. The maximum Gasteiger partial charge on any atom is 0.146 e. The Morgan fingerprint density at radius 3 is 2.71 bits per heavy atom. The van der Waals surface area contributed by atoms with Crippen LogP contribution in [0.1, 0.15) is 11.1 Å². The van der Waals surface area contributed by atoms with E-state index >= 15 is 0 Å². The number of hydrogen-bond donors (Lipinski definition) is 1. The quantitative estimate of drug-likeness (QED) is 0.769. The molecule has 0 aliphatic heterocycles. The SMILES string of the molecule is Cc1cc(F)c(NCc2cncc3ccccc23)cc1F. The zero-order chi connectivity index (χ0) is 14.8. The Morgan fingerprint density at radius 1 is 1.05 bits per heavy atom. The molecule has 3 aromatic rings. The van der Waals surface area contributed by atoms with Crippen LogP contribution in [0, 0.1) is 18.6 Å². The van der Waals surface area contributed by atoms with Crippen LogP contribution in [0.2, 0.25) is 0 Å². The van der Waals surface area contributed by atoms with Gasteiger partial charge in [-0.25, -0.2) is 8.78 Å². The van der Waals surface area contributed by atoms with E-state index < -0.39 is 11.6 Å². The number of benzene rings is 2. The van der Waals surface area contributed by atoms with Gasteiger partial charge in [0.05, 0.1) is 5.69 Å². The second-order valence-electron chi connectivity index (χ2n) is 4.95. The van der Waals surface area contributed by atoms with Crippen LogP contribution in [-0.2, 0) is 6.54 Å². The maximum absolute atomic E-state index is 13.8. The topological polar surface area (TPSA) is 24.9 Å². The third kappa shape index (κ3) is 2.70. The molecular weight excluding hydrogens is 270 g/mol. The number of hydrogen-bond acceptors (Lipinski definition) is 2. The first-order valence-corrected chi connectivity index (χ1v) is 6.66. The lowest BCUT2D eigenvalue weighted by Gasteiger charge is -2.10. The summed E-state index contributed by atoms with van der Waals surface area (Å²) in [5.74, 6) is -0.878. The highest BCUT2D eigenvalue weighted by Gasteiger charge is 2.08. The minimum atomic E-state index is -0.456. The number of aryl methyl sites for hydroxylation is 1. The van der Waals surface area contributed by atoms with Gasteiger partial charge in [-0.15, -0.1) is 0 Å². The third-order valence-corrected chi connectivity index (χ3v) is 3.47. The Labute approximate surface area is 121 Å². The van der Waals surface area contributed by atoms with Gasteiger partial charge in [-0.1, -0.05) is 24.3 Å². The molecule has 1 heterocycles. The Bertz CT molecular complexity index is 795. The summed E-state index contributed by atoms with van der Waals surface area (Å²) in [4.78, 5) is 4.17. The molecule has 1 N–H and O–H groups in total. The summed E-state index contributed by atoms with van der Waals surface area (Å²) in [6.45, 7) is 1.92. The van der Waals surface area contributed by atoms with E-state index in [0.29, 0.717) is 12.1 Å². The van der Waals surface area contributed by atoms with E-state index in [1.165, 1.54) is 19.1 Å². The predicted octanol–water partition coefficient (Wildman–Crippen LogP) is 4.43. The second-order valence-corrected chi connectivity index (χ2v) is 4.95. The Hall–Kier alpha value is -2.49.